The number of H-pyrrole nitrogens is 1. The molecule has 128 valence electrons. The van der Waals surface area contributed by atoms with Crippen LogP contribution in [0.25, 0.3) is 10.9 Å². The summed E-state index contributed by atoms with van der Waals surface area (Å²) < 4.78 is 5.11. The summed E-state index contributed by atoms with van der Waals surface area (Å²) in [6, 6.07) is 10.3. The second-order valence-electron chi connectivity index (χ2n) is 5.63. The van der Waals surface area contributed by atoms with E-state index in [0.717, 1.165) is 22.9 Å². The highest BCUT2D eigenvalue weighted by Gasteiger charge is 2.17. The first-order valence-corrected chi connectivity index (χ1v) is 8.23. The molecule has 0 radical (unpaired) electrons. The predicted molar refractivity (Wildman–Crippen MR) is 98.2 cm³/mol. The van der Waals surface area contributed by atoms with Gasteiger partial charge in [-0.2, -0.15) is 0 Å². The SMILES string of the molecule is CCc1cccc2c(C(=O)COC(=O)c3cc(Cl)ccc3N)c[nH]c12. The van der Waals surface area contributed by atoms with Crippen molar-refractivity contribution in [1.82, 2.24) is 4.98 Å². The lowest BCUT2D eigenvalue weighted by Crippen LogP contribution is -2.15. The van der Waals surface area contributed by atoms with E-state index >= 15 is 0 Å². The van der Waals surface area contributed by atoms with Crippen LogP contribution in [-0.4, -0.2) is 23.3 Å². The predicted octanol–water partition coefficient (Wildman–Crippen LogP) is 4.01. The number of aromatic nitrogens is 1. The van der Waals surface area contributed by atoms with Crippen LogP contribution in [0.4, 0.5) is 5.69 Å². The number of aryl methyl sites for hydroxylation is 1. The first-order chi connectivity index (χ1) is 12.0. The summed E-state index contributed by atoms with van der Waals surface area (Å²) in [5.41, 5.74) is 8.70. The van der Waals surface area contributed by atoms with Crippen LogP contribution >= 0.6 is 11.6 Å². The summed E-state index contributed by atoms with van der Waals surface area (Å²) in [6.07, 6.45) is 2.50. The number of aromatic amines is 1. The van der Waals surface area contributed by atoms with Gasteiger partial charge in [0.1, 0.15) is 0 Å². The molecule has 0 unspecified atom stereocenters. The third kappa shape index (κ3) is 3.37. The Morgan fingerprint density at radius 2 is 2.00 bits per heavy atom. The lowest BCUT2D eigenvalue weighted by Gasteiger charge is -2.07. The molecule has 3 N–H and O–H groups in total. The van der Waals surface area contributed by atoms with E-state index in [4.69, 9.17) is 22.1 Å². The maximum atomic E-state index is 12.5. The Bertz CT molecular complexity index is 962. The number of ketones is 1. The second-order valence-corrected chi connectivity index (χ2v) is 6.06. The number of rotatable bonds is 5. The number of Topliss-reactive ketones (excluding diaryl/α,β-unsaturated/α-hetero) is 1. The van der Waals surface area contributed by atoms with Crippen LogP contribution in [0.15, 0.2) is 42.6 Å². The number of hydrogen-bond donors (Lipinski definition) is 2. The molecule has 3 aromatic rings. The maximum Gasteiger partial charge on any atom is 0.340 e. The summed E-state index contributed by atoms with van der Waals surface area (Å²) in [4.78, 5) is 27.7. The molecule has 2 aromatic carbocycles. The molecule has 0 bridgehead atoms. The standard InChI is InChI=1S/C19H17ClN2O3/c1-2-11-4-3-5-13-15(9-22-18(11)13)17(23)10-25-19(24)14-8-12(20)6-7-16(14)21/h3-9,22H,2,10,21H2,1H3. The highest BCUT2D eigenvalue weighted by atomic mass is 35.5. The van der Waals surface area contributed by atoms with Gasteiger partial charge < -0.3 is 15.5 Å². The lowest BCUT2D eigenvalue weighted by atomic mass is 10.1. The molecule has 0 saturated carbocycles. The number of halogens is 1. The largest absolute Gasteiger partial charge is 0.454 e. The number of ether oxygens (including phenoxy) is 1. The molecule has 1 heterocycles. The number of carbonyl (C=O) groups excluding carboxylic acids is 2. The van der Waals surface area contributed by atoms with Crippen LogP contribution in [0, 0.1) is 0 Å². The highest BCUT2D eigenvalue weighted by Crippen LogP contribution is 2.23. The molecule has 0 aliphatic carbocycles. The smallest absolute Gasteiger partial charge is 0.340 e. The zero-order chi connectivity index (χ0) is 18.0. The van der Waals surface area contributed by atoms with Crippen molar-refractivity contribution in [3.63, 3.8) is 0 Å². The van der Waals surface area contributed by atoms with Crippen LogP contribution < -0.4 is 5.73 Å². The van der Waals surface area contributed by atoms with Gasteiger partial charge in [0.25, 0.3) is 0 Å². The van der Waals surface area contributed by atoms with Gasteiger partial charge in [-0.25, -0.2) is 4.79 Å². The quantitative estimate of drug-likeness (QED) is 0.411. The second kappa shape index (κ2) is 6.99. The number of nitrogens with one attached hydrogen (secondary N) is 1. The molecule has 0 amide bonds. The third-order valence-electron chi connectivity index (χ3n) is 4.05. The minimum Gasteiger partial charge on any atom is -0.454 e. The van der Waals surface area contributed by atoms with Crippen molar-refractivity contribution >= 4 is 39.9 Å². The molecular weight excluding hydrogens is 340 g/mol. The third-order valence-corrected chi connectivity index (χ3v) is 4.29. The number of nitrogens with two attached hydrogens (primary N) is 1. The summed E-state index contributed by atoms with van der Waals surface area (Å²) in [6.45, 7) is 1.68. The number of hydrogen-bond acceptors (Lipinski definition) is 4. The van der Waals surface area contributed by atoms with Crippen LogP contribution in [0.3, 0.4) is 0 Å². The number of benzene rings is 2. The summed E-state index contributed by atoms with van der Waals surface area (Å²) >= 11 is 5.86. The molecule has 1 aromatic heterocycles. The van der Waals surface area contributed by atoms with Crippen molar-refractivity contribution in [1.29, 1.82) is 0 Å². The van der Waals surface area contributed by atoms with E-state index in [1.165, 1.54) is 12.1 Å². The van der Waals surface area contributed by atoms with Crippen molar-refractivity contribution in [2.45, 2.75) is 13.3 Å². The van der Waals surface area contributed by atoms with Crippen LogP contribution in [-0.2, 0) is 11.2 Å². The van der Waals surface area contributed by atoms with Crippen LogP contribution in [0.1, 0.15) is 33.2 Å². The molecular formula is C19H17ClN2O3. The van der Waals surface area contributed by atoms with Gasteiger partial charge in [0.2, 0.25) is 5.78 Å². The lowest BCUT2D eigenvalue weighted by molar-refractivity contribution is 0.0476. The highest BCUT2D eigenvalue weighted by molar-refractivity contribution is 6.31. The van der Waals surface area contributed by atoms with Crippen molar-refractivity contribution < 1.29 is 14.3 Å². The van der Waals surface area contributed by atoms with E-state index in [1.54, 1.807) is 12.3 Å². The van der Waals surface area contributed by atoms with Crippen molar-refractivity contribution in [3.05, 3.63) is 64.3 Å². The van der Waals surface area contributed by atoms with Crippen molar-refractivity contribution in [3.8, 4) is 0 Å². The minimum absolute atomic E-state index is 0.146. The summed E-state index contributed by atoms with van der Waals surface area (Å²) in [5.74, 6) is -0.962. The van der Waals surface area contributed by atoms with Gasteiger partial charge in [-0.1, -0.05) is 36.7 Å². The van der Waals surface area contributed by atoms with Crippen molar-refractivity contribution in [2.24, 2.45) is 0 Å². The fourth-order valence-corrected chi connectivity index (χ4v) is 2.91. The minimum atomic E-state index is -0.678. The number of anilines is 1. The fourth-order valence-electron chi connectivity index (χ4n) is 2.73. The average Bonchev–Trinajstić information content (AvgIpc) is 3.05. The number of carbonyl (C=O) groups is 2. The van der Waals surface area contributed by atoms with E-state index in [0.29, 0.717) is 10.6 Å². The van der Waals surface area contributed by atoms with Gasteiger partial charge >= 0.3 is 5.97 Å². The average molecular weight is 357 g/mol. The summed E-state index contributed by atoms with van der Waals surface area (Å²) in [5, 5.41) is 1.19. The van der Waals surface area contributed by atoms with E-state index in [9.17, 15) is 9.59 Å². The monoisotopic (exact) mass is 356 g/mol. The van der Waals surface area contributed by atoms with Gasteiger partial charge in [-0.05, 0) is 30.2 Å². The zero-order valence-corrected chi connectivity index (χ0v) is 14.4. The molecule has 6 heteroatoms. The molecule has 5 nitrogen and oxygen atoms in total. The van der Waals surface area contributed by atoms with E-state index in [1.807, 2.05) is 25.1 Å². The van der Waals surface area contributed by atoms with E-state index in [2.05, 4.69) is 4.98 Å². The maximum absolute atomic E-state index is 12.5. The zero-order valence-electron chi connectivity index (χ0n) is 13.6. The number of fused-ring (bicyclic) bond motifs is 1. The van der Waals surface area contributed by atoms with E-state index in [-0.39, 0.29) is 23.6 Å². The number of para-hydroxylation sites is 1. The number of esters is 1. The molecule has 0 spiro atoms. The molecule has 0 atom stereocenters. The van der Waals surface area contributed by atoms with Gasteiger partial charge in [0.05, 0.1) is 5.56 Å². The van der Waals surface area contributed by atoms with Crippen molar-refractivity contribution in [2.75, 3.05) is 12.3 Å². The molecule has 0 aliphatic heterocycles. The molecule has 25 heavy (non-hydrogen) atoms. The topological polar surface area (TPSA) is 85.2 Å². The van der Waals surface area contributed by atoms with Gasteiger partial charge in [-0.3, -0.25) is 4.79 Å². The molecule has 3 rings (SSSR count). The Labute approximate surface area is 149 Å². The Balaban J connectivity index is 1.77. The Kier molecular flexibility index (Phi) is 4.76. The van der Waals surface area contributed by atoms with E-state index < -0.39 is 5.97 Å². The molecule has 0 saturated heterocycles. The van der Waals surface area contributed by atoms with Gasteiger partial charge in [-0.15, -0.1) is 0 Å². The molecule has 0 aliphatic rings. The Morgan fingerprint density at radius 3 is 2.76 bits per heavy atom. The van der Waals surface area contributed by atoms with Gasteiger partial charge in [0, 0.05) is 33.4 Å². The fraction of sp³-hybridized carbons (Fsp3) is 0.158. The van der Waals surface area contributed by atoms with Gasteiger partial charge in [0.15, 0.2) is 6.61 Å². The number of nitrogen functional groups attached to an aromatic ring is 1. The Hall–Kier alpha value is -2.79. The van der Waals surface area contributed by atoms with Crippen LogP contribution in [0.2, 0.25) is 5.02 Å². The first-order valence-electron chi connectivity index (χ1n) is 7.85. The Morgan fingerprint density at radius 1 is 1.20 bits per heavy atom. The first kappa shape index (κ1) is 17.0. The normalized spacial score (nSPS) is 10.8. The molecule has 0 fully saturated rings. The van der Waals surface area contributed by atoms with Crippen LogP contribution in [0.5, 0.6) is 0 Å². The summed E-state index contributed by atoms with van der Waals surface area (Å²) in [7, 11) is 0.